The molecule has 0 saturated heterocycles. The zero-order valence-corrected chi connectivity index (χ0v) is 16.9. The zero-order chi connectivity index (χ0) is 21.4. The van der Waals surface area contributed by atoms with Crippen molar-refractivity contribution >= 4 is 12.0 Å². The van der Waals surface area contributed by atoms with Crippen LogP contribution in [-0.4, -0.2) is 67.1 Å². The molecule has 0 fully saturated rings. The third kappa shape index (κ3) is 6.30. The summed E-state index contributed by atoms with van der Waals surface area (Å²) in [7, 11) is 2.98. The maximum atomic E-state index is 12.9. The Morgan fingerprint density at radius 1 is 1.17 bits per heavy atom. The van der Waals surface area contributed by atoms with Gasteiger partial charge in [0.25, 0.3) is 5.91 Å². The summed E-state index contributed by atoms with van der Waals surface area (Å²) in [6.07, 6.45) is 2.73. The Balaban J connectivity index is 2.48. The molecule has 0 aliphatic carbocycles. The van der Waals surface area contributed by atoms with Crippen molar-refractivity contribution in [2.75, 3.05) is 27.6 Å². The van der Waals surface area contributed by atoms with Crippen LogP contribution in [0.2, 0.25) is 0 Å². The number of methoxy groups -OCH3 is 2. The molecular formula is C21H29NO7. The van der Waals surface area contributed by atoms with Gasteiger partial charge in [0.1, 0.15) is 23.7 Å². The molecule has 4 N–H and O–H groups in total. The molecule has 0 bridgehead atoms. The van der Waals surface area contributed by atoms with E-state index in [9.17, 15) is 20.1 Å². The van der Waals surface area contributed by atoms with Crippen molar-refractivity contribution in [2.24, 2.45) is 5.92 Å². The van der Waals surface area contributed by atoms with Gasteiger partial charge in [-0.25, -0.2) is 0 Å². The van der Waals surface area contributed by atoms with Crippen molar-refractivity contribution in [3.8, 4) is 11.5 Å². The highest BCUT2D eigenvalue weighted by atomic mass is 16.7. The van der Waals surface area contributed by atoms with Crippen molar-refractivity contribution in [2.45, 2.75) is 31.7 Å². The highest BCUT2D eigenvalue weighted by Crippen LogP contribution is 2.30. The van der Waals surface area contributed by atoms with E-state index in [0.717, 1.165) is 0 Å². The van der Waals surface area contributed by atoms with E-state index in [0.29, 0.717) is 29.2 Å². The Morgan fingerprint density at radius 3 is 2.62 bits per heavy atom. The van der Waals surface area contributed by atoms with E-state index < -0.39 is 18.3 Å². The first-order chi connectivity index (χ1) is 13.9. The molecule has 1 heterocycles. The SMILES string of the molecule is COCOc1cc(OC)cc2c1C(=O)NC[C@H](C)/C=C\C(O)[C@@H](O)[C@@H](O)C/C=C/2. The lowest BCUT2D eigenvalue weighted by Gasteiger charge is -2.21. The molecule has 0 radical (unpaired) electrons. The van der Waals surface area contributed by atoms with Crippen molar-refractivity contribution in [1.82, 2.24) is 5.32 Å². The Hall–Kier alpha value is -2.39. The van der Waals surface area contributed by atoms with Crippen LogP contribution >= 0.6 is 0 Å². The van der Waals surface area contributed by atoms with Crippen LogP contribution in [0.5, 0.6) is 11.5 Å². The molecule has 2 rings (SSSR count). The summed E-state index contributed by atoms with van der Waals surface area (Å²) >= 11 is 0. The van der Waals surface area contributed by atoms with Gasteiger partial charge < -0.3 is 34.8 Å². The molecule has 0 saturated carbocycles. The average molecular weight is 407 g/mol. The second kappa shape index (κ2) is 11.0. The molecule has 29 heavy (non-hydrogen) atoms. The summed E-state index contributed by atoms with van der Waals surface area (Å²) in [5, 5.41) is 33.1. The van der Waals surface area contributed by atoms with E-state index in [1.54, 1.807) is 30.4 Å². The van der Waals surface area contributed by atoms with Crippen LogP contribution in [0.15, 0.2) is 30.4 Å². The number of fused-ring (bicyclic) bond motifs is 1. The quantitative estimate of drug-likeness (QED) is 0.436. The molecule has 1 amide bonds. The summed E-state index contributed by atoms with van der Waals surface area (Å²) in [5.74, 6) is 0.341. The fourth-order valence-electron chi connectivity index (χ4n) is 2.87. The minimum atomic E-state index is -1.33. The lowest BCUT2D eigenvalue weighted by atomic mass is 9.99. The van der Waals surface area contributed by atoms with Gasteiger partial charge in [0, 0.05) is 19.7 Å². The van der Waals surface area contributed by atoms with Crippen LogP contribution in [0.1, 0.15) is 29.3 Å². The predicted octanol–water partition coefficient (Wildman–Crippen LogP) is 1.10. The molecule has 0 spiro atoms. The molecule has 4 atom stereocenters. The highest BCUT2D eigenvalue weighted by Gasteiger charge is 2.23. The monoisotopic (exact) mass is 407 g/mol. The second-order valence-electron chi connectivity index (χ2n) is 6.90. The van der Waals surface area contributed by atoms with Gasteiger partial charge in [-0.2, -0.15) is 0 Å². The third-order valence-electron chi connectivity index (χ3n) is 4.54. The lowest BCUT2D eigenvalue weighted by Crippen LogP contribution is -2.36. The largest absolute Gasteiger partial charge is 0.497 e. The first-order valence-electron chi connectivity index (χ1n) is 9.38. The van der Waals surface area contributed by atoms with E-state index >= 15 is 0 Å². The first kappa shape index (κ1) is 22.9. The number of amides is 1. The molecule has 0 aromatic heterocycles. The number of benzene rings is 1. The summed E-state index contributed by atoms with van der Waals surface area (Å²) in [4.78, 5) is 12.9. The second-order valence-corrected chi connectivity index (χ2v) is 6.90. The summed E-state index contributed by atoms with van der Waals surface area (Å²) < 4.78 is 15.8. The van der Waals surface area contributed by atoms with Gasteiger partial charge in [-0.1, -0.05) is 31.2 Å². The van der Waals surface area contributed by atoms with Crippen molar-refractivity contribution < 1.29 is 34.3 Å². The Kier molecular flexibility index (Phi) is 8.66. The van der Waals surface area contributed by atoms with Gasteiger partial charge in [-0.15, -0.1) is 0 Å². The van der Waals surface area contributed by atoms with Crippen molar-refractivity contribution in [1.29, 1.82) is 0 Å². The molecule has 1 aromatic carbocycles. The number of hydrogen-bond acceptors (Lipinski definition) is 7. The molecule has 1 aliphatic rings. The Labute approximate surface area is 170 Å². The number of aliphatic hydroxyl groups is 3. The van der Waals surface area contributed by atoms with Crippen LogP contribution in [0.3, 0.4) is 0 Å². The number of carbonyl (C=O) groups excluding carboxylic acids is 1. The van der Waals surface area contributed by atoms with Gasteiger partial charge in [-0.05, 0) is 24.0 Å². The van der Waals surface area contributed by atoms with Crippen LogP contribution in [0.25, 0.3) is 6.08 Å². The third-order valence-corrected chi connectivity index (χ3v) is 4.54. The number of nitrogens with one attached hydrogen (secondary N) is 1. The predicted molar refractivity (Wildman–Crippen MR) is 108 cm³/mol. The standard InChI is InChI=1S/C21H29NO7/c1-13-7-8-17(24)20(25)16(23)6-4-5-14-9-15(28-3)10-18(29-12-27-2)19(14)21(26)22-11-13/h4-5,7-10,13,16-17,20,23-25H,6,11-12H2,1-3H3,(H,22,26)/b5-4+,8-7-/t13-,16+,17?,20+/m1/s1. The zero-order valence-electron chi connectivity index (χ0n) is 16.9. The molecular weight excluding hydrogens is 378 g/mol. The molecule has 8 heteroatoms. The summed E-state index contributed by atoms with van der Waals surface area (Å²) in [5.41, 5.74) is 0.831. The summed E-state index contributed by atoms with van der Waals surface area (Å²) in [6, 6.07) is 3.28. The van der Waals surface area contributed by atoms with E-state index in [1.807, 2.05) is 6.92 Å². The van der Waals surface area contributed by atoms with Crippen LogP contribution in [0, 0.1) is 5.92 Å². The smallest absolute Gasteiger partial charge is 0.255 e. The molecule has 8 nitrogen and oxygen atoms in total. The van der Waals surface area contributed by atoms with E-state index in [2.05, 4.69) is 5.32 Å². The fraction of sp³-hybridized carbons (Fsp3) is 0.476. The molecule has 160 valence electrons. The number of ether oxygens (including phenoxy) is 3. The lowest BCUT2D eigenvalue weighted by molar-refractivity contribution is -0.0394. The van der Waals surface area contributed by atoms with E-state index in [-0.39, 0.29) is 25.0 Å². The van der Waals surface area contributed by atoms with E-state index in [1.165, 1.54) is 20.3 Å². The van der Waals surface area contributed by atoms with Gasteiger partial charge in [0.2, 0.25) is 0 Å². The maximum absolute atomic E-state index is 12.9. The van der Waals surface area contributed by atoms with Crippen molar-refractivity contribution in [3.63, 3.8) is 0 Å². The molecule has 1 unspecified atom stereocenters. The fourth-order valence-corrected chi connectivity index (χ4v) is 2.87. The van der Waals surface area contributed by atoms with Crippen LogP contribution < -0.4 is 14.8 Å². The highest BCUT2D eigenvalue weighted by molar-refractivity contribution is 6.00. The Morgan fingerprint density at radius 2 is 1.93 bits per heavy atom. The van der Waals surface area contributed by atoms with Gasteiger partial charge >= 0.3 is 0 Å². The minimum absolute atomic E-state index is 0.0431. The normalized spacial score (nSPS) is 27.9. The number of hydrogen-bond donors (Lipinski definition) is 4. The van der Waals surface area contributed by atoms with Crippen molar-refractivity contribution in [3.05, 3.63) is 41.5 Å². The Bertz CT molecular complexity index is 747. The van der Waals surface area contributed by atoms with E-state index in [4.69, 9.17) is 14.2 Å². The first-order valence-corrected chi connectivity index (χ1v) is 9.38. The maximum Gasteiger partial charge on any atom is 0.255 e. The van der Waals surface area contributed by atoms with Crippen LogP contribution in [-0.2, 0) is 4.74 Å². The topological polar surface area (TPSA) is 117 Å². The summed E-state index contributed by atoms with van der Waals surface area (Å²) in [6.45, 7) is 2.12. The van der Waals surface area contributed by atoms with Gasteiger partial charge in [-0.3, -0.25) is 4.79 Å². The minimum Gasteiger partial charge on any atom is -0.497 e. The number of carbonyl (C=O) groups is 1. The average Bonchev–Trinajstić information content (AvgIpc) is 2.72. The van der Waals surface area contributed by atoms with Gasteiger partial charge in [0.15, 0.2) is 6.79 Å². The number of aliphatic hydroxyl groups excluding tert-OH is 3. The molecule has 1 aromatic rings. The molecule has 1 aliphatic heterocycles. The van der Waals surface area contributed by atoms with Crippen LogP contribution in [0.4, 0.5) is 0 Å². The van der Waals surface area contributed by atoms with Gasteiger partial charge in [0.05, 0.1) is 18.8 Å². The number of rotatable bonds is 4.